The van der Waals surface area contributed by atoms with Crippen molar-refractivity contribution in [1.29, 1.82) is 0 Å². The molecule has 1 atom stereocenters. The number of amides is 2. The molecule has 2 N–H and O–H groups in total. The molecule has 174 valence electrons. The van der Waals surface area contributed by atoms with Crippen LogP contribution in [0.2, 0.25) is 0 Å². The summed E-state index contributed by atoms with van der Waals surface area (Å²) in [5.74, 6) is 3.05. The molecule has 2 aromatic carbocycles. The van der Waals surface area contributed by atoms with Crippen molar-refractivity contribution in [1.82, 2.24) is 10.6 Å². The lowest BCUT2D eigenvalue weighted by Crippen LogP contribution is -2.60. The van der Waals surface area contributed by atoms with E-state index in [1.807, 2.05) is 42.5 Å². The highest BCUT2D eigenvalue weighted by atomic mass is 32.2. The minimum Gasteiger partial charge on any atom is -0.351 e. The van der Waals surface area contributed by atoms with E-state index in [0.29, 0.717) is 17.9 Å². The van der Waals surface area contributed by atoms with Crippen LogP contribution in [-0.4, -0.2) is 29.7 Å². The van der Waals surface area contributed by atoms with E-state index in [4.69, 9.17) is 0 Å². The van der Waals surface area contributed by atoms with Crippen molar-refractivity contribution < 1.29 is 9.59 Å². The maximum absolute atomic E-state index is 12.9. The summed E-state index contributed by atoms with van der Waals surface area (Å²) >= 11 is 1.47. The summed E-state index contributed by atoms with van der Waals surface area (Å²) in [7, 11) is 0. The smallest absolute Gasteiger partial charge is 0.252 e. The number of rotatable bonds is 8. The topological polar surface area (TPSA) is 58.2 Å². The van der Waals surface area contributed by atoms with Gasteiger partial charge in [0, 0.05) is 17.0 Å². The lowest BCUT2D eigenvalue weighted by atomic mass is 9.53. The summed E-state index contributed by atoms with van der Waals surface area (Å²) in [4.78, 5) is 26.7. The molecular weight excluding hydrogens is 428 g/mol. The van der Waals surface area contributed by atoms with E-state index in [1.54, 1.807) is 0 Å². The number of carbonyl (C=O) groups is 2. The quantitative estimate of drug-likeness (QED) is 0.517. The molecule has 0 aromatic heterocycles. The second-order valence-corrected chi connectivity index (χ2v) is 11.6. The third-order valence-electron chi connectivity index (χ3n) is 7.87. The van der Waals surface area contributed by atoms with Gasteiger partial charge in [-0.15, -0.1) is 11.8 Å². The van der Waals surface area contributed by atoms with Crippen molar-refractivity contribution in [2.45, 2.75) is 61.8 Å². The number of benzene rings is 2. The van der Waals surface area contributed by atoms with Gasteiger partial charge in [0.25, 0.3) is 5.91 Å². The normalized spacial score (nSPS) is 28.3. The summed E-state index contributed by atoms with van der Waals surface area (Å²) in [5, 5.41) is 6.52. The molecule has 0 radical (unpaired) electrons. The fourth-order valence-electron chi connectivity index (χ4n) is 6.76. The molecule has 4 saturated carbocycles. The second-order valence-electron chi connectivity index (χ2n) is 10.6. The Bertz CT molecular complexity index is 971. The fourth-order valence-corrected chi connectivity index (χ4v) is 7.61. The lowest BCUT2D eigenvalue weighted by molar-refractivity contribution is -0.124. The second kappa shape index (κ2) is 9.54. The van der Waals surface area contributed by atoms with Gasteiger partial charge < -0.3 is 10.6 Å². The van der Waals surface area contributed by atoms with Gasteiger partial charge in [0.2, 0.25) is 5.91 Å². The van der Waals surface area contributed by atoms with Gasteiger partial charge >= 0.3 is 0 Å². The van der Waals surface area contributed by atoms with Crippen LogP contribution in [-0.2, 0) is 4.79 Å². The Labute approximate surface area is 201 Å². The summed E-state index contributed by atoms with van der Waals surface area (Å²) in [6, 6.07) is 17.8. The molecule has 4 aliphatic carbocycles. The van der Waals surface area contributed by atoms with Crippen LogP contribution in [0.4, 0.5) is 0 Å². The average Bonchev–Trinajstić information content (AvgIpc) is 2.80. The highest BCUT2D eigenvalue weighted by Gasteiger charge is 2.51. The highest BCUT2D eigenvalue weighted by Crippen LogP contribution is 2.55. The van der Waals surface area contributed by atoms with Crippen LogP contribution in [0.5, 0.6) is 0 Å². The molecule has 0 spiro atoms. The first-order valence-electron chi connectivity index (χ1n) is 12.4. The van der Waals surface area contributed by atoms with Gasteiger partial charge in [0.1, 0.15) is 0 Å². The van der Waals surface area contributed by atoms with E-state index in [1.165, 1.54) is 36.6 Å². The highest BCUT2D eigenvalue weighted by molar-refractivity contribution is 8.00. The van der Waals surface area contributed by atoms with Crippen LogP contribution in [0.3, 0.4) is 0 Å². The third kappa shape index (κ3) is 5.13. The number of carbonyl (C=O) groups excluding carboxylic acids is 2. The van der Waals surface area contributed by atoms with Crippen molar-refractivity contribution in [3.05, 3.63) is 65.7 Å². The van der Waals surface area contributed by atoms with Crippen LogP contribution >= 0.6 is 11.8 Å². The van der Waals surface area contributed by atoms with Crippen LogP contribution in [0.15, 0.2) is 59.5 Å². The largest absolute Gasteiger partial charge is 0.351 e. The first-order valence-corrected chi connectivity index (χ1v) is 13.3. The van der Waals surface area contributed by atoms with Crippen molar-refractivity contribution >= 4 is 23.6 Å². The molecule has 4 nitrogen and oxygen atoms in total. The molecule has 4 fully saturated rings. The molecule has 0 unspecified atom stereocenters. The molecule has 4 bridgehead atoms. The Morgan fingerprint density at radius 2 is 1.55 bits per heavy atom. The van der Waals surface area contributed by atoms with Crippen molar-refractivity contribution in [2.75, 3.05) is 12.3 Å². The molecule has 0 saturated heterocycles. The minimum absolute atomic E-state index is 0.0386. The van der Waals surface area contributed by atoms with E-state index in [0.717, 1.165) is 41.9 Å². The Hall–Kier alpha value is -2.27. The van der Waals surface area contributed by atoms with E-state index < -0.39 is 0 Å². The van der Waals surface area contributed by atoms with Gasteiger partial charge in [-0.1, -0.05) is 49.4 Å². The summed E-state index contributed by atoms with van der Waals surface area (Å²) in [6.07, 6.45) is 7.59. The zero-order valence-corrected chi connectivity index (χ0v) is 20.2. The minimum atomic E-state index is -0.0811. The van der Waals surface area contributed by atoms with Crippen LogP contribution in [0, 0.1) is 17.8 Å². The predicted octanol–water partition coefficient (Wildman–Crippen LogP) is 5.40. The van der Waals surface area contributed by atoms with Crippen molar-refractivity contribution in [3.63, 3.8) is 0 Å². The molecule has 0 heterocycles. The number of nitrogens with one attached hydrogen (secondary N) is 2. The molecule has 2 amide bonds. The Morgan fingerprint density at radius 1 is 0.939 bits per heavy atom. The molecule has 2 aromatic rings. The molecule has 0 aliphatic heterocycles. The van der Waals surface area contributed by atoms with Crippen LogP contribution in [0.1, 0.15) is 67.3 Å². The van der Waals surface area contributed by atoms with Gasteiger partial charge in [-0.2, -0.15) is 0 Å². The summed E-state index contributed by atoms with van der Waals surface area (Å²) < 4.78 is 0. The van der Waals surface area contributed by atoms with Crippen LogP contribution < -0.4 is 10.6 Å². The van der Waals surface area contributed by atoms with Gasteiger partial charge in [-0.3, -0.25) is 9.59 Å². The molecule has 33 heavy (non-hydrogen) atoms. The van der Waals surface area contributed by atoms with E-state index in [-0.39, 0.29) is 23.3 Å². The average molecular weight is 463 g/mol. The lowest BCUT2D eigenvalue weighted by Gasteiger charge is -2.56. The van der Waals surface area contributed by atoms with Gasteiger partial charge in [0.15, 0.2) is 0 Å². The van der Waals surface area contributed by atoms with Crippen molar-refractivity contribution in [3.8, 4) is 0 Å². The molecule has 5 heteroatoms. The number of hydrogen-bond acceptors (Lipinski definition) is 3. The molecular formula is C28H34N2O2S. The molecule has 6 rings (SSSR count). The number of hydrogen-bond donors (Lipinski definition) is 2. The van der Waals surface area contributed by atoms with Crippen molar-refractivity contribution in [2.24, 2.45) is 17.8 Å². The third-order valence-corrected chi connectivity index (χ3v) is 8.94. The maximum atomic E-state index is 12.9. The Kier molecular flexibility index (Phi) is 6.51. The Morgan fingerprint density at radius 3 is 2.21 bits per heavy atom. The zero-order chi connectivity index (χ0) is 22.8. The summed E-state index contributed by atoms with van der Waals surface area (Å²) in [6.45, 7) is 2.69. The SMILES string of the molecule is C[C@H](CNC(=O)c1ccccc1SCC(=O)NC12CC3CC(CC(C3)C1)C2)c1ccccc1. The first-order chi connectivity index (χ1) is 16.0. The monoisotopic (exact) mass is 462 g/mol. The predicted molar refractivity (Wildman–Crippen MR) is 133 cm³/mol. The number of thioether (sulfide) groups is 1. The molecule has 4 aliphatic rings. The van der Waals surface area contributed by atoms with Gasteiger partial charge in [0.05, 0.1) is 11.3 Å². The van der Waals surface area contributed by atoms with E-state index >= 15 is 0 Å². The van der Waals surface area contributed by atoms with E-state index in [2.05, 4.69) is 29.7 Å². The summed E-state index contributed by atoms with van der Waals surface area (Å²) in [5.41, 5.74) is 1.89. The standard InChI is InChI=1S/C28H34N2O2S/c1-19(23-7-3-2-4-8-23)17-29-27(32)24-9-5-6-10-25(24)33-18-26(31)30-28-14-20-11-21(15-28)13-22(12-20)16-28/h2-10,19-22H,11-18H2,1H3,(H,29,32)(H,30,31)/t19-,20?,21?,22?,28?/m1/s1. The fraction of sp³-hybridized carbons (Fsp3) is 0.500. The van der Waals surface area contributed by atoms with E-state index in [9.17, 15) is 9.59 Å². The van der Waals surface area contributed by atoms with Crippen LogP contribution in [0.25, 0.3) is 0 Å². The van der Waals surface area contributed by atoms with Gasteiger partial charge in [-0.25, -0.2) is 0 Å². The first kappa shape index (κ1) is 22.5. The Balaban J connectivity index is 1.16. The van der Waals surface area contributed by atoms with Gasteiger partial charge in [-0.05, 0) is 79.9 Å². The zero-order valence-electron chi connectivity index (χ0n) is 19.4. The maximum Gasteiger partial charge on any atom is 0.252 e.